The van der Waals surface area contributed by atoms with E-state index in [-0.39, 0.29) is 18.5 Å². The van der Waals surface area contributed by atoms with Crippen LogP contribution < -0.4 is 5.32 Å². The molecule has 1 aromatic rings. The maximum Gasteiger partial charge on any atom is 0.335 e. The summed E-state index contributed by atoms with van der Waals surface area (Å²) in [6.07, 6.45) is -0.256. The van der Waals surface area contributed by atoms with Crippen molar-refractivity contribution in [3.05, 3.63) is 29.8 Å². The van der Waals surface area contributed by atoms with Crippen molar-refractivity contribution >= 4 is 11.7 Å². The third kappa shape index (κ3) is 4.25. The fraction of sp³-hybridized carbons (Fsp3) is 0.364. The van der Waals surface area contributed by atoms with Gasteiger partial charge < -0.3 is 10.4 Å². The summed E-state index contributed by atoms with van der Waals surface area (Å²) in [4.78, 5) is 10.5. The standard InChI is InChI=1S/C11H13F2NO2/c1-11(12,13)6-7-14-9-4-2-8(3-5-9)10(15)16/h2-5,14H,6-7H2,1H3,(H,15,16). The summed E-state index contributed by atoms with van der Waals surface area (Å²) in [5, 5.41) is 11.4. The number of carboxylic acids is 1. The number of carboxylic acid groups (broad SMARTS) is 1. The van der Waals surface area contributed by atoms with Gasteiger partial charge in [-0.2, -0.15) is 0 Å². The van der Waals surface area contributed by atoms with Crippen molar-refractivity contribution in [3.8, 4) is 0 Å². The van der Waals surface area contributed by atoms with Gasteiger partial charge in [-0.15, -0.1) is 0 Å². The highest BCUT2D eigenvalue weighted by Gasteiger charge is 2.19. The minimum atomic E-state index is -2.69. The third-order valence-electron chi connectivity index (χ3n) is 2.02. The number of rotatable bonds is 5. The number of halogens is 2. The second-order valence-electron chi connectivity index (χ2n) is 3.63. The van der Waals surface area contributed by atoms with Crippen LogP contribution in [0.2, 0.25) is 0 Å². The SMILES string of the molecule is CC(F)(F)CCNc1ccc(C(=O)O)cc1. The first-order chi connectivity index (χ1) is 7.38. The molecule has 0 aliphatic carbocycles. The maximum atomic E-state index is 12.5. The zero-order chi connectivity index (χ0) is 12.2. The van der Waals surface area contributed by atoms with Gasteiger partial charge in [-0.05, 0) is 31.2 Å². The summed E-state index contributed by atoms with van der Waals surface area (Å²) in [7, 11) is 0. The monoisotopic (exact) mass is 229 g/mol. The Morgan fingerprint density at radius 3 is 2.38 bits per heavy atom. The van der Waals surface area contributed by atoms with Gasteiger partial charge in [0.1, 0.15) is 0 Å². The molecule has 0 aromatic heterocycles. The molecule has 0 aliphatic rings. The molecule has 88 valence electrons. The summed E-state index contributed by atoms with van der Waals surface area (Å²) >= 11 is 0. The van der Waals surface area contributed by atoms with E-state index in [9.17, 15) is 13.6 Å². The fourth-order valence-corrected chi connectivity index (χ4v) is 1.16. The Kier molecular flexibility index (Phi) is 3.82. The van der Waals surface area contributed by atoms with E-state index in [1.54, 1.807) is 12.1 Å². The minimum absolute atomic E-state index is 0.149. The largest absolute Gasteiger partial charge is 0.478 e. The summed E-state index contributed by atoms with van der Waals surface area (Å²) in [5.74, 6) is -3.69. The predicted octanol–water partition coefficient (Wildman–Crippen LogP) is 2.84. The molecule has 3 nitrogen and oxygen atoms in total. The molecule has 0 amide bonds. The summed E-state index contributed by atoms with van der Waals surface area (Å²) in [5.41, 5.74) is 0.806. The molecule has 0 bridgehead atoms. The summed E-state index contributed by atoms with van der Waals surface area (Å²) < 4.78 is 25.0. The lowest BCUT2D eigenvalue weighted by molar-refractivity contribution is 0.0167. The number of hydrogen-bond donors (Lipinski definition) is 2. The summed E-state index contributed by atoms with van der Waals surface area (Å²) in [6, 6.07) is 5.96. The Morgan fingerprint density at radius 1 is 1.38 bits per heavy atom. The molecule has 1 rings (SSSR count). The average Bonchev–Trinajstić information content (AvgIpc) is 2.16. The van der Waals surface area contributed by atoms with E-state index in [0.717, 1.165) is 6.92 Å². The highest BCUT2D eigenvalue weighted by Crippen LogP contribution is 2.17. The van der Waals surface area contributed by atoms with Crippen molar-refractivity contribution in [1.82, 2.24) is 0 Å². The third-order valence-corrected chi connectivity index (χ3v) is 2.02. The van der Waals surface area contributed by atoms with Crippen LogP contribution in [0.5, 0.6) is 0 Å². The van der Waals surface area contributed by atoms with Crippen molar-refractivity contribution in [2.24, 2.45) is 0 Å². The highest BCUT2D eigenvalue weighted by molar-refractivity contribution is 5.87. The normalized spacial score (nSPS) is 11.2. The quantitative estimate of drug-likeness (QED) is 0.816. The molecule has 16 heavy (non-hydrogen) atoms. The van der Waals surface area contributed by atoms with E-state index >= 15 is 0 Å². The van der Waals surface area contributed by atoms with Gasteiger partial charge in [0.05, 0.1) is 5.56 Å². The van der Waals surface area contributed by atoms with Gasteiger partial charge in [-0.3, -0.25) is 0 Å². The molecule has 1 aromatic carbocycles. The van der Waals surface area contributed by atoms with Crippen molar-refractivity contribution in [2.75, 3.05) is 11.9 Å². The van der Waals surface area contributed by atoms with Crippen LogP contribution in [-0.2, 0) is 0 Å². The van der Waals surface area contributed by atoms with Gasteiger partial charge in [0.25, 0.3) is 0 Å². The van der Waals surface area contributed by atoms with Crippen LogP contribution in [-0.4, -0.2) is 23.5 Å². The van der Waals surface area contributed by atoms with Crippen molar-refractivity contribution in [1.29, 1.82) is 0 Å². The Balaban J connectivity index is 2.47. The Hall–Kier alpha value is -1.65. The minimum Gasteiger partial charge on any atom is -0.478 e. The molecular formula is C11H13F2NO2. The van der Waals surface area contributed by atoms with Gasteiger partial charge in [0.2, 0.25) is 5.92 Å². The Labute approximate surface area is 92.1 Å². The lowest BCUT2D eigenvalue weighted by atomic mass is 10.2. The first-order valence-corrected chi connectivity index (χ1v) is 4.83. The van der Waals surface area contributed by atoms with Crippen LogP contribution >= 0.6 is 0 Å². The molecule has 0 saturated heterocycles. The molecular weight excluding hydrogens is 216 g/mol. The van der Waals surface area contributed by atoms with Crippen LogP contribution in [0.3, 0.4) is 0 Å². The molecule has 0 heterocycles. The maximum absolute atomic E-state index is 12.5. The fourth-order valence-electron chi connectivity index (χ4n) is 1.16. The van der Waals surface area contributed by atoms with Crippen molar-refractivity contribution in [2.45, 2.75) is 19.3 Å². The smallest absolute Gasteiger partial charge is 0.335 e. The number of alkyl halides is 2. The van der Waals surface area contributed by atoms with Crippen LogP contribution in [0.1, 0.15) is 23.7 Å². The van der Waals surface area contributed by atoms with Gasteiger partial charge in [-0.25, -0.2) is 13.6 Å². The number of carbonyl (C=O) groups is 1. The van der Waals surface area contributed by atoms with Crippen LogP contribution in [0, 0.1) is 0 Å². The Morgan fingerprint density at radius 2 is 1.94 bits per heavy atom. The van der Waals surface area contributed by atoms with Gasteiger partial charge in [0, 0.05) is 18.7 Å². The zero-order valence-corrected chi connectivity index (χ0v) is 8.84. The molecule has 0 atom stereocenters. The lowest BCUT2D eigenvalue weighted by Crippen LogP contribution is -2.16. The number of nitrogens with one attached hydrogen (secondary N) is 1. The van der Waals surface area contributed by atoms with Crippen molar-refractivity contribution in [3.63, 3.8) is 0 Å². The van der Waals surface area contributed by atoms with E-state index < -0.39 is 11.9 Å². The van der Waals surface area contributed by atoms with E-state index in [1.165, 1.54) is 12.1 Å². The average molecular weight is 229 g/mol. The number of anilines is 1. The topological polar surface area (TPSA) is 49.3 Å². The van der Waals surface area contributed by atoms with Gasteiger partial charge >= 0.3 is 5.97 Å². The van der Waals surface area contributed by atoms with E-state index in [4.69, 9.17) is 5.11 Å². The lowest BCUT2D eigenvalue weighted by Gasteiger charge is -2.11. The predicted molar refractivity (Wildman–Crippen MR) is 57.1 cm³/mol. The zero-order valence-electron chi connectivity index (χ0n) is 8.84. The number of hydrogen-bond acceptors (Lipinski definition) is 2. The molecule has 0 spiro atoms. The highest BCUT2D eigenvalue weighted by atomic mass is 19.3. The van der Waals surface area contributed by atoms with Gasteiger partial charge in [-0.1, -0.05) is 0 Å². The van der Waals surface area contributed by atoms with Crippen LogP contribution in [0.15, 0.2) is 24.3 Å². The van der Waals surface area contributed by atoms with E-state index in [2.05, 4.69) is 5.32 Å². The summed E-state index contributed by atoms with van der Waals surface area (Å²) in [6.45, 7) is 1.01. The second-order valence-corrected chi connectivity index (χ2v) is 3.63. The first kappa shape index (κ1) is 12.4. The second kappa shape index (κ2) is 4.92. The van der Waals surface area contributed by atoms with Gasteiger partial charge in [0.15, 0.2) is 0 Å². The molecule has 0 radical (unpaired) electrons. The molecule has 0 unspecified atom stereocenters. The first-order valence-electron chi connectivity index (χ1n) is 4.83. The van der Waals surface area contributed by atoms with Crippen LogP contribution in [0.4, 0.5) is 14.5 Å². The van der Waals surface area contributed by atoms with Crippen LogP contribution in [0.25, 0.3) is 0 Å². The van der Waals surface area contributed by atoms with Crippen molar-refractivity contribution < 1.29 is 18.7 Å². The Bertz CT molecular complexity index is 357. The molecule has 2 N–H and O–H groups in total. The molecule has 0 saturated carbocycles. The number of benzene rings is 1. The molecule has 5 heteroatoms. The molecule has 0 aliphatic heterocycles. The molecule has 0 fully saturated rings. The van der Waals surface area contributed by atoms with E-state index in [0.29, 0.717) is 5.69 Å². The van der Waals surface area contributed by atoms with E-state index in [1.807, 2.05) is 0 Å². The number of aromatic carboxylic acids is 1.